The van der Waals surface area contributed by atoms with Crippen molar-refractivity contribution in [3.8, 4) is 0 Å². The van der Waals surface area contributed by atoms with Crippen molar-refractivity contribution in [2.75, 3.05) is 6.61 Å². The first-order chi connectivity index (χ1) is 11.3. The molecule has 0 fully saturated rings. The van der Waals surface area contributed by atoms with Crippen LogP contribution in [0.5, 0.6) is 0 Å². The molecule has 0 aliphatic rings. The van der Waals surface area contributed by atoms with Crippen LogP contribution in [0.1, 0.15) is 53.0 Å². The third-order valence-corrected chi connectivity index (χ3v) is 4.47. The van der Waals surface area contributed by atoms with E-state index in [-0.39, 0.29) is 24.2 Å². The van der Waals surface area contributed by atoms with Crippen molar-refractivity contribution in [2.45, 2.75) is 78.5 Å². The molecule has 138 valence electrons. The number of aliphatic hydroxyl groups is 2. The molecule has 0 radical (unpaired) electrons. The van der Waals surface area contributed by atoms with Crippen LogP contribution in [0.4, 0.5) is 0 Å². The van der Waals surface area contributed by atoms with Gasteiger partial charge in [0, 0.05) is 0 Å². The maximum absolute atomic E-state index is 9.73. The minimum Gasteiger partial charge on any atom is -0.394 e. The van der Waals surface area contributed by atoms with Crippen LogP contribution in [-0.4, -0.2) is 41.2 Å². The Morgan fingerprint density at radius 3 is 2.25 bits per heavy atom. The average Bonchev–Trinajstić information content (AvgIpc) is 2.53. The summed E-state index contributed by atoms with van der Waals surface area (Å²) in [6.07, 6.45) is 0.387. The van der Waals surface area contributed by atoms with E-state index in [2.05, 4.69) is 20.8 Å². The van der Waals surface area contributed by atoms with Gasteiger partial charge in [-0.2, -0.15) is 0 Å². The number of ether oxygens (including phenoxy) is 2. The van der Waals surface area contributed by atoms with Crippen molar-refractivity contribution in [1.29, 1.82) is 0 Å². The Kier molecular flexibility index (Phi) is 8.92. The molecule has 0 amide bonds. The lowest BCUT2D eigenvalue weighted by molar-refractivity contribution is -0.166. The molecule has 1 aromatic rings. The minimum atomic E-state index is -0.721. The number of benzene rings is 1. The number of aliphatic hydroxyl groups excluding tert-OH is 2. The molecule has 1 rings (SSSR count). The molecule has 2 N–H and O–H groups in total. The second-order valence-corrected chi connectivity index (χ2v) is 7.26. The van der Waals surface area contributed by atoms with Crippen molar-refractivity contribution >= 4 is 0 Å². The van der Waals surface area contributed by atoms with Gasteiger partial charge in [0.1, 0.15) is 6.10 Å². The van der Waals surface area contributed by atoms with Gasteiger partial charge in [0.2, 0.25) is 0 Å². The third kappa shape index (κ3) is 6.52. The summed E-state index contributed by atoms with van der Waals surface area (Å²) in [5.74, 6) is 0. The average molecular weight is 338 g/mol. The van der Waals surface area contributed by atoms with E-state index >= 15 is 0 Å². The minimum absolute atomic E-state index is 0.0678. The normalized spacial score (nSPS) is 17.3. The van der Waals surface area contributed by atoms with Gasteiger partial charge in [-0.15, -0.1) is 0 Å². The van der Waals surface area contributed by atoms with E-state index in [0.717, 1.165) is 18.4 Å². The highest BCUT2D eigenvalue weighted by Crippen LogP contribution is 2.33. The van der Waals surface area contributed by atoms with Gasteiger partial charge in [0.15, 0.2) is 0 Å². The highest BCUT2D eigenvalue weighted by Gasteiger charge is 2.36. The van der Waals surface area contributed by atoms with E-state index in [0.29, 0.717) is 6.61 Å². The molecule has 0 heterocycles. The Morgan fingerprint density at radius 1 is 1.12 bits per heavy atom. The zero-order valence-corrected chi connectivity index (χ0v) is 15.7. The van der Waals surface area contributed by atoms with Gasteiger partial charge in [-0.1, -0.05) is 57.5 Å². The Labute approximate surface area is 146 Å². The van der Waals surface area contributed by atoms with Gasteiger partial charge in [-0.25, -0.2) is 0 Å². The summed E-state index contributed by atoms with van der Waals surface area (Å²) in [5, 5.41) is 19.1. The summed E-state index contributed by atoms with van der Waals surface area (Å²) in [7, 11) is 0. The van der Waals surface area contributed by atoms with Crippen LogP contribution in [0.25, 0.3) is 0 Å². The summed E-state index contributed by atoms with van der Waals surface area (Å²) < 4.78 is 12.2. The Balaban J connectivity index is 2.83. The van der Waals surface area contributed by atoms with E-state index in [1.165, 1.54) is 0 Å². The van der Waals surface area contributed by atoms with Crippen molar-refractivity contribution in [2.24, 2.45) is 5.41 Å². The molecule has 0 saturated heterocycles. The molecule has 0 aliphatic carbocycles. The molecule has 0 bridgehead atoms. The highest BCUT2D eigenvalue weighted by atomic mass is 16.6. The largest absolute Gasteiger partial charge is 0.394 e. The van der Waals surface area contributed by atoms with Gasteiger partial charge >= 0.3 is 0 Å². The first kappa shape index (κ1) is 21.1. The van der Waals surface area contributed by atoms with Crippen molar-refractivity contribution in [1.82, 2.24) is 0 Å². The van der Waals surface area contributed by atoms with Crippen LogP contribution in [-0.2, 0) is 16.1 Å². The van der Waals surface area contributed by atoms with Gasteiger partial charge < -0.3 is 19.7 Å². The standard InChI is InChI=1S/C20H34O4/c1-6-12-20(4,5)19(16(3)24-18(13-21)15(2)22)23-14-17-10-8-7-9-11-17/h7-11,15-16,18-19,21-22H,6,12-14H2,1-5H3. The van der Waals surface area contributed by atoms with Crippen molar-refractivity contribution in [3.05, 3.63) is 35.9 Å². The van der Waals surface area contributed by atoms with E-state index in [4.69, 9.17) is 9.47 Å². The molecule has 0 aliphatic heterocycles. The predicted octanol–water partition coefficient (Wildman–Crippen LogP) is 3.54. The SMILES string of the molecule is CCCC(C)(C)C(OCc1ccccc1)C(C)OC(CO)C(C)O. The van der Waals surface area contributed by atoms with Crippen molar-refractivity contribution < 1.29 is 19.7 Å². The van der Waals surface area contributed by atoms with Gasteiger partial charge in [-0.05, 0) is 31.2 Å². The van der Waals surface area contributed by atoms with Gasteiger partial charge in [0.25, 0.3) is 0 Å². The van der Waals surface area contributed by atoms with Crippen LogP contribution in [0.3, 0.4) is 0 Å². The Morgan fingerprint density at radius 2 is 1.75 bits per heavy atom. The van der Waals surface area contributed by atoms with Crippen LogP contribution in [0.2, 0.25) is 0 Å². The summed E-state index contributed by atoms with van der Waals surface area (Å²) >= 11 is 0. The molecule has 0 saturated carbocycles. The molecule has 4 nitrogen and oxygen atoms in total. The maximum Gasteiger partial charge on any atom is 0.107 e. The van der Waals surface area contributed by atoms with Crippen LogP contribution in [0, 0.1) is 5.41 Å². The van der Waals surface area contributed by atoms with Gasteiger partial charge in [-0.3, -0.25) is 0 Å². The second-order valence-electron chi connectivity index (χ2n) is 7.26. The summed E-state index contributed by atoms with van der Waals surface area (Å²) in [6, 6.07) is 10.1. The lowest BCUT2D eigenvalue weighted by Crippen LogP contribution is -2.45. The monoisotopic (exact) mass is 338 g/mol. The number of rotatable bonds is 11. The Hall–Kier alpha value is -0.940. The summed E-state index contributed by atoms with van der Waals surface area (Å²) in [4.78, 5) is 0. The fraction of sp³-hybridized carbons (Fsp3) is 0.700. The predicted molar refractivity (Wildman–Crippen MR) is 96.8 cm³/mol. The lowest BCUT2D eigenvalue weighted by Gasteiger charge is -2.39. The third-order valence-electron chi connectivity index (χ3n) is 4.47. The van der Waals surface area contributed by atoms with Crippen LogP contribution >= 0.6 is 0 Å². The molecule has 0 spiro atoms. The lowest BCUT2D eigenvalue weighted by atomic mass is 9.79. The van der Waals surface area contributed by atoms with Crippen LogP contribution in [0.15, 0.2) is 30.3 Å². The highest BCUT2D eigenvalue weighted by molar-refractivity contribution is 5.13. The maximum atomic E-state index is 9.73. The first-order valence-electron chi connectivity index (χ1n) is 8.91. The summed E-state index contributed by atoms with van der Waals surface area (Å²) in [6.45, 7) is 10.4. The van der Waals surface area contributed by atoms with E-state index in [1.54, 1.807) is 6.92 Å². The zero-order valence-electron chi connectivity index (χ0n) is 15.7. The quantitative estimate of drug-likeness (QED) is 0.648. The molecule has 1 aromatic carbocycles. The summed E-state index contributed by atoms with van der Waals surface area (Å²) in [5.41, 5.74) is 1.05. The number of hydrogen-bond acceptors (Lipinski definition) is 4. The van der Waals surface area contributed by atoms with E-state index < -0.39 is 12.2 Å². The van der Waals surface area contributed by atoms with E-state index in [1.807, 2.05) is 37.3 Å². The van der Waals surface area contributed by atoms with Crippen LogP contribution < -0.4 is 0 Å². The Bertz CT molecular complexity index is 444. The van der Waals surface area contributed by atoms with Crippen molar-refractivity contribution in [3.63, 3.8) is 0 Å². The zero-order chi connectivity index (χ0) is 18.2. The van der Waals surface area contributed by atoms with Gasteiger partial charge in [0.05, 0.1) is 31.5 Å². The number of hydrogen-bond donors (Lipinski definition) is 2. The molecular formula is C20H34O4. The topological polar surface area (TPSA) is 58.9 Å². The molecule has 4 atom stereocenters. The smallest absolute Gasteiger partial charge is 0.107 e. The second kappa shape index (κ2) is 10.1. The molecule has 4 unspecified atom stereocenters. The molecular weight excluding hydrogens is 304 g/mol. The van der Waals surface area contributed by atoms with E-state index in [9.17, 15) is 10.2 Å². The molecule has 4 heteroatoms. The first-order valence-corrected chi connectivity index (χ1v) is 8.91. The molecule has 24 heavy (non-hydrogen) atoms. The fourth-order valence-electron chi connectivity index (χ4n) is 3.20. The molecule has 0 aromatic heterocycles. The fourth-order valence-corrected chi connectivity index (χ4v) is 3.20.